The van der Waals surface area contributed by atoms with Crippen molar-refractivity contribution in [2.45, 2.75) is 57.7 Å². The van der Waals surface area contributed by atoms with Gasteiger partial charge < -0.3 is 15.0 Å². The van der Waals surface area contributed by atoms with Crippen molar-refractivity contribution < 1.29 is 18.7 Å². The summed E-state index contributed by atoms with van der Waals surface area (Å²) in [5.74, 6) is -0.421. The van der Waals surface area contributed by atoms with Crippen LogP contribution in [0.5, 0.6) is 5.75 Å². The Hall–Kier alpha value is -2.89. The minimum atomic E-state index is -0.738. The molecule has 1 atom stereocenters. The number of hydrogen-bond acceptors (Lipinski definition) is 3. The van der Waals surface area contributed by atoms with E-state index in [1.54, 1.807) is 37.3 Å². The molecule has 6 heteroatoms. The summed E-state index contributed by atoms with van der Waals surface area (Å²) in [6, 6.07) is 14.7. The van der Waals surface area contributed by atoms with E-state index in [4.69, 9.17) is 4.74 Å². The van der Waals surface area contributed by atoms with E-state index in [1.165, 1.54) is 17.4 Å². The first kappa shape index (κ1) is 21.8. The standard InChI is InChI=1S/C24H29FN2O3/c1-18(24(29)26-20-11-4-2-5-12-20)27(16-19-10-8-9-15-22(19)25)23(28)17-30-21-13-6-3-7-14-21/h3,6-10,13-15,18,20H,2,4-5,11-12,16-17H2,1H3,(H,26,29). The third kappa shape index (κ3) is 6.05. The summed E-state index contributed by atoms with van der Waals surface area (Å²) < 4.78 is 19.8. The predicted octanol–water partition coefficient (Wildman–Crippen LogP) is 4.07. The van der Waals surface area contributed by atoms with Crippen LogP contribution < -0.4 is 10.1 Å². The molecule has 5 nitrogen and oxygen atoms in total. The normalized spacial score (nSPS) is 15.3. The fourth-order valence-electron chi connectivity index (χ4n) is 3.71. The molecule has 0 spiro atoms. The smallest absolute Gasteiger partial charge is 0.261 e. The van der Waals surface area contributed by atoms with E-state index in [0.29, 0.717) is 11.3 Å². The molecule has 0 aliphatic heterocycles. The highest BCUT2D eigenvalue weighted by molar-refractivity contribution is 5.88. The van der Waals surface area contributed by atoms with Crippen molar-refractivity contribution in [1.82, 2.24) is 10.2 Å². The summed E-state index contributed by atoms with van der Waals surface area (Å²) >= 11 is 0. The lowest BCUT2D eigenvalue weighted by Crippen LogP contribution is -2.51. The molecule has 160 valence electrons. The van der Waals surface area contributed by atoms with Gasteiger partial charge in [-0.1, -0.05) is 55.7 Å². The van der Waals surface area contributed by atoms with E-state index < -0.39 is 11.9 Å². The van der Waals surface area contributed by atoms with Crippen LogP contribution in [0, 0.1) is 5.82 Å². The fourth-order valence-corrected chi connectivity index (χ4v) is 3.71. The lowest BCUT2D eigenvalue weighted by molar-refractivity contribution is -0.142. The molecule has 0 aromatic heterocycles. The van der Waals surface area contributed by atoms with Gasteiger partial charge in [-0.25, -0.2) is 4.39 Å². The minimum absolute atomic E-state index is 0.00289. The second-order valence-corrected chi connectivity index (χ2v) is 7.73. The van der Waals surface area contributed by atoms with Crippen molar-refractivity contribution in [3.8, 4) is 5.75 Å². The number of halogens is 1. The van der Waals surface area contributed by atoms with Crippen LogP contribution in [0.2, 0.25) is 0 Å². The molecule has 30 heavy (non-hydrogen) atoms. The number of ether oxygens (including phenoxy) is 1. The van der Waals surface area contributed by atoms with Crippen LogP contribution in [-0.2, 0) is 16.1 Å². The summed E-state index contributed by atoms with van der Waals surface area (Å²) in [6.07, 6.45) is 5.30. The number of carbonyl (C=O) groups excluding carboxylic acids is 2. The molecule has 0 bridgehead atoms. The third-order valence-electron chi connectivity index (χ3n) is 5.52. The average molecular weight is 413 g/mol. The van der Waals surface area contributed by atoms with E-state index in [0.717, 1.165) is 25.7 Å². The van der Waals surface area contributed by atoms with Gasteiger partial charge in [0.25, 0.3) is 5.91 Å². The highest BCUT2D eigenvalue weighted by Gasteiger charge is 2.29. The van der Waals surface area contributed by atoms with Gasteiger partial charge in [0, 0.05) is 18.2 Å². The van der Waals surface area contributed by atoms with Gasteiger partial charge in [-0.05, 0) is 38.0 Å². The Labute approximate surface area is 177 Å². The number of nitrogens with zero attached hydrogens (tertiary/aromatic N) is 1. The molecule has 2 aromatic carbocycles. The molecule has 2 aromatic rings. The number of para-hydroxylation sites is 1. The number of carbonyl (C=O) groups is 2. The van der Waals surface area contributed by atoms with Crippen molar-refractivity contribution in [3.05, 3.63) is 66.0 Å². The lowest BCUT2D eigenvalue weighted by Gasteiger charge is -2.31. The zero-order valence-corrected chi connectivity index (χ0v) is 17.4. The first-order chi connectivity index (χ1) is 14.5. The molecule has 1 fully saturated rings. The zero-order chi connectivity index (χ0) is 21.3. The number of rotatable bonds is 8. The first-order valence-corrected chi connectivity index (χ1v) is 10.6. The van der Waals surface area contributed by atoms with Crippen molar-refractivity contribution >= 4 is 11.8 Å². The van der Waals surface area contributed by atoms with Crippen molar-refractivity contribution in [3.63, 3.8) is 0 Å². The second-order valence-electron chi connectivity index (χ2n) is 7.73. The molecular weight excluding hydrogens is 383 g/mol. The fraction of sp³-hybridized carbons (Fsp3) is 0.417. The molecule has 1 N–H and O–H groups in total. The average Bonchev–Trinajstić information content (AvgIpc) is 2.78. The highest BCUT2D eigenvalue weighted by atomic mass is 19.1. The number of amides is 2. The monoisotopic (exact) mass is 412 g/mol. The van der Waals surface area contributed by atoms with Crippen LogP contribution in [0.1, 0.15) is 44.6 Å². The van der Waals surface area contributed by atoms with Gasteiger partial charge in [0.1, 0.15) is 17.6 Å². The topological polar surface area (TPSA) is 58.6 Å². The predicted molar refractivity (Wildman–Crippen MR) is 113 cm³/mol. The first-order valence-electron chi connectivity index (χ1n) is 10.6. The lowest BCUT2D eigenvalue weighted by atomic mass is 9.95. The van der Waals surface area contributed by atoms with Gasteiger partial charge in [0.2, 0.25) is 5.91 Å². The largest absolute Gasteiger partial charge is 0.484 e. The maximum atomic E-state index is 14.2. The molecule has 0 heterocycles. The van der Waals surface area contributed by atoms with Crippen LogP contribution in [0.4, 0.5) is 4.39 Å². The Bertz CT molecular complexity index is 837. The van der Waals surface area contributed by atoms with Crippen LogP contribution in [0.25, 0.3) is 0 Å². The van der Waals surface area contributed by atoms with Gasteiger partial charge in [0.15, 0.2) is 6.61 Å². The summed E-state index contributed by atoms with van der Waals surface area (Å²) in [5.41, 5.74) is 0.364. The third-order valence-corrected chi connectivity index (χ3v) is 5.52. The van der Waals surface area contributed by atoms with E-state index in [-0.39, 0.29) is 31.0 Å². The maximum Gasteiger partial charge on any atom is 0.261 e. The molecule has 1 unspecified atom stereocenters. The van der Waals surface area contributed by atoms with Crippen molar-refractivity contribution in [1.29, 1.82) is 0 Å². The molecule has 1 aliphatic carbocycles. The quantitative estimate of drug-likeness (QED) is 0.711. The van der Waals surface area contributed by atoms with Gasteiger partial charge in [-0.15, -0.1) is 0 Å². The van der Waals surface area contributed by atoms with Crippen LogP contribution in [0.3, 0.4) is 0 Å². The molecule has 2 amide bonds. The molecule has 0 radical (unpaired) electrons. The molecular formula is C24H29FN2O3. The second kappa shape index (κ2) is 10.8. The van der Waals surface area contributed by atoms with E-state index in [1.807, 2.05) is 18.2 Å². The van der Waals surface area contributed by atoms with E-state index in [2.05, 4.69) is 5.32 Å². The van der Waals surface area contributed by atoms with Gasteiger partial charge in [0.05, 0.1) is 0 Å². The number of hydrogen-bond donors (Lipinski definition) is 1. The van der Waals surface area contributed by atoms with E-state index in [9.17, 15) is 14.0 Å². The molecule has 0 saturated heterocycles. The Morgan fingerprint density at radius 2 is 1.73 bits per heavy atom. The minimum Gasteiger partial charge on any atom is -0.484 e. The van der Waals surface area contributed by atoms with E-state index >= 15 is 0 Å². The summed E-state index contributed by atoms with van der Waals surface area (Å²) in [7, 11) is 0. The summed E-state index contributed by atoms with van der Waals surface area (Å²) in [6.45, 7) is 1.46. The van der Waals surface area contributed by atoms with Gasteiger partial charge in [-0.2, -0.15) is 0 Å². The zero-order valence-electron chi connectivity index (χ0n) is 17.4. The maximum absolute atomic E-state index is 14.2. The SMILES string of the molecule is CC(C(=O)NC1CCCCC1)N(Cc1ccccc1F)C(=O)COc1ccccc1. The van der Waals surface area contributed by atoms with Crippen molar-refractivity contribution in [2.24, 2.45) is 0 Å². The molecule has 3 rings (SSSR count). The van der Waals surface area contributed by atoms with Crippen LogP contribution in [-0.4, -0.2) is 35.4 Å². The molecule has 1 aliphatic rings. The summed E-state index contributed by atoms with van der Waals surface area (Å²) in [5, 5.41) is 3.06. The Morgan fingerprint density at radius 1 is 1.07 bits per heavy atom. The van der Waals surface area contributed by atoms with Gasteiger partial charge in [-0.3, -0.25) is 9.59 Å². The Balaban J connectivity index is 1.71. The van der Waals surface area contributed by atoms with Gasteiger partial charge >= 0.3 is 0 Å². The van der Waals surface area contributed by atoms with Crippen LogP contribution in [0.15, 0.2) is 54.6 Å². The summed E-state index contributed by atoms with van der Waals surface area (Å²) in [4.78, 5) is 27.2. The van der Waals surface area contributed by atoms with Crippen LogP contribution >= 0.6 is 0 Å². The molecule has 1 saturated carbocycles. The number of benzene rings is 2. The Kier molecular flexibility index (Phi) is 7.82. The van der Waals surface area contributed by atoms with Crippen molar-refractivity contribution in [2.75, 3.05) is 6.61 Å². The number of nitrogens with one attached hydrogen (secondary N) is 1. The Morgan fingerprint density at radius 3 is 2.43 bits per heavy atom. The highest BCUT2D eigenvalue weighted by Crippen LogP contribution is 2.19.